The van der Waals surface area contributed by atoms with E-state index in [2.05, 4.69) is 30.4 Å². The van der Waals surface area contributed by atoms with E-state index in [1.54, 1.807) is 7.11 Å². The zero-order valence-electron chi connectivity index (χ0n) is 15.2. The lowest BCUT2D eigenvalue weighted by Gasteiger charge is -2.23. The fraction of sp³-hybridized carbons (Fsp3) is 0.286. The Bertz CT molecular complexity index is 940. The Labute approximate surface area is 152 Å². The predicted molar refractivity (Wildman–Crippen MR) is 103 cm³/mol. The highest BCUT2D eigenvalue weighted by Gasteiger charge is 2.36. The third-order valence-corrected chi connectivity index (χ3v) is 5.10. The lowest BCUT2D eigenvalue weighted by atomic mass is 9.78. The summed E-state index contributed by atoms with van der Waals surface area (Å²) in [7, 11) is 1.67. The lowest BCUT2D eigenvalue weighted by Crippen LogP contribution is -2.28. The first-order valence-electron chi connectivity index (χ1n) is 8.73. The van der Waals surface area contributed by atoms with Gasteiger partial charge in [-0.3, -0.25) is 9.79 Å². The molecule has 0 radical (unpaired) electrons. The van der Waals surface area contributed by atoms with E-state index in [-0.39, 0.29) is 11.3 Å². The van der Waals surface area contributed by atoms with E-state index in [1.807, 2.05) is 36.4 Å². The van der Waals surface area contributed by atoms with Crippen LogP contribution in [-0.4, -0.2) is 24.4 Å². The van der Waals surface area contributed by atoms with Crippen molar-refractivity contribution in [3.05, 3.63) is 59.2 Å². The summed E-state index contributed by atoms with van der Waals surface area (Å²) in [5, 5.41) is 4.22. The summed E-state index contributed by atoms with van der Waals surface area (Å²) in [6.07, 6.45) is 1.14. The Balaban J connectivity index is 1.70. The topological polar surface area (TPSA) is 63.1 Å². The standard InChI is InChI=1S/C21H21N3O2/c1-21(2)16-12-14(17-10-11-19(25)24-23-17)6-9-18(16)22-20(21)13-4-7-15(26-3)8-5-13/h4-9,12H,10-11H2,1-3H3,(H,24,25). The molecule has 5 nitrogen and oxygen atoms in total. The number of rotatable bonds is 3. The van der Waals surface area contributed by atoms with Gasteiger partial charge in [-0.15, -0.1) is 0 Å². The minimum atomic E-state index is -0.210. The molecular weight excluding hydrogens is 326 g/mol. The van der Waals surface area contributed by atoms with Crippen LogP contribution in [0, 0.1) is 0 Å². The molecule has 0 bridgehead atoms. The first-order valence-corrected chi connectivity index (χ1v) is 8.73. The zero-order chi connectivity index (χ0) is 18.3. The summed E-state index contributed by atoms with van der Waals surface area (Å²) in [6, 6.07) is 14.3. The van der Waals surface area contributed by atoms with Gasteiger partial charge in [-0.25, -0.2) is 5.43 Å². The third kappa shape index (κ3) is 2.69. The highest BCUT2D eigenvalue weighted by atomic mass is 16.5. The second kappa shape index (κ2) is 6.09. The Morgan fingerprint density at radius 1 is 1.04 bits per heavy atom. The molecule has 0 spiro atoms. The van der Waals surface area contributed by atoms with Gasteiger partial charge in [0, 0.05) is 18.3 Å². The van der Waals surface area contributed by atoms with Crippen LogP contribution in [0.5, 0.6) is 5.75 Å². The normalized spacial score (nSPS) is 17.9. The van der Waals surface area contributed by atoms with Crippen LogP contribution >= 0.6 is 0 Å². The summed E-state index contributed by atoms with van der Waals surface area (Å²) < 4.78 is 5.25. The first-order chi connectivity index (χ1) is 12.5. The molecule has 5 heteroatoms. The molecule has 2 aromatic carbocycles. The number of hydrogen-bond donors (Lipinski definition) is 1. The number of hydrazone groups is 1. The van der Waals surface area contributed by atoms with Crippen LogP contribution in [-0.2, 0) is 10.2 Å². The zero-order valence-corrected chi connectivity index (χ0v) is 15.2. The Morgan fingerprint density at radius 2 is 1.77 bits per heavy atom. The molecule has 4 rings (SSSR count). The van der Waals surface area contributed by atoms with Crippen LogP contribution in [0.15, 0.2) is 52.6 Å². The summed E-state index contributed by atoms with van der Waals surface area (Å²) in [5.74, 6) is 0.808. The maximum absolute atomic E-state index is 11.3. The van der Waals surface area contributed by atoms with E-state index < -0.39 is 0 Å². The van der Waals surface area contributed by atoms with Crippen LogP contribution in [0.25, 0.3) is 0 Å². The van der Waals surface area contributed by atoms with Crippen LogP contribution in [0.4, 0.5) is 5.69 Å². The third-order valence-electron chi connectivity index (χ3n) is 5.10. The molecule has 0 aromatic heterocycles. The maximum Gasteiger partial charge on any atom is 0.240 e. The second-order valence-electron chi connectivity index (χ2n) is 7.14. The van der Waals surface area contributed by atoms with Gasteiger partial charge in [0.2, 0.25) is 5.91 Å². The van der Waals surface area contributed by atoms with Crippen molar-refractivity contribution in [2.24, 2.45) is 10.1 Å². The molecule has 0 saturated heterocycles. The minimum Gasteiger partial charge on any atom is -0.497 e. The Kier molecular flexibility index (Phi) is 3.87. The monoisotopic (exact) mass is 347 g/mol. The largest absolute Gasteiger partial charge is 0.497 e. The van der Waals surface area contributed by atoms with Gasteiger partial charge in [0.1, 0.15) is 5.75 Å². The molecule has 1 amide bonds. The molecule has 2 aromatic rings. The van der Waals surface area contributed by atoms with Gasteiger partial charge in [0.25, 0.3) is 0 Å². The number of nitrogens with one attached hydrogen (secondary N) is 1. The van der Waals surface area contributed by atoms with E-state index in [0.29, 0.717) is 12.8 Å². The number of ether oxygens (including phenoxy) is 1. The predicted octanol–water partition coefficient (Wildman–Crippen LogP) is 3.72. The molecule has 132 valence electrons. The van der Waals surface area contributed by atoms with Gasteiger partial charge in [0.15, 0.2) is 0 Å². The molecule has 0 atom stereocenters. The second-order valence-corrected chi connectivity index (χ2v) is 7.14. The van der Waals surface area contributed by atoms with Crippen LogP contribution in [0.2, 0.25) is 0 Å². The van der Waals surface area contributed by atoms with E-state index in [1.165, 1.54) is 5.56 Å². The van der Waals surface area contributed by atoms with Crippen LogP contribution in [0.3, 0.4) is 0 Å². The number of carbonyl (C=O) groups is 1. The van der Waals surface area contributed by atoms with Gasteiger partial charge < -0.3 is 4.74 Å². The van der Waals surface area contributed by atoms with Gasteiger partial charge >= 0.3 is 0 Å². The molecule has 0 saturated carbocycles. The van der Waals surface area contributed by atoms with Crippen molar-refractivity contribution in [2.75, 3.05) is 7.11 Å². The van der Waals surface area contributed by atoms with Crippen molar-refractivity contribution in [1.82, 2.24) is 5.43 Å². The van der Waals surface area contributed by atoms with Crippen molar-refractivity contribution >= 4 is 23.0 Å². The highest BCUT2D eigenvalue weighted by Crippen LogP contribution is 2.42. The summed E-state index contributed by atoms with van der Waals surface area (Å²) in [5.41, 5.74) is 8.64. The molecule has 26 heavy (non-hydrogen) atoms. The van der Waals surface area contributed by atoms with E-state index >= 15 is 0 Å². The number of hydrogen-bond acceptors (Lipinski definition) is 4. The number of aliphatic imine (C=N–C) groups is 1. The molecule has 0 unspecified atom stereocenters. The van der Waals surface area contributed by atoms with Crippen molar-refractivity contribution < 1.29 is 9.53 Å². The van der Waals surface area contributed by atoms with E-state index in [4.69, 9.17) is 9.73 Å². The van der Waals surface area contributed by atoms with Crippen molar-refractivity contribution in [3.8, 4) is 5.75 Å². The summed E-state index contributed by atoms with van der Waals surface area (Å²) in [4.78, 5) is 16.2. The first kappa shape index (κ1) is 16.5. The highest BCUT2D eigenvalue weighted by molar-refractivity contribution is 6.13. The van der Waals surface area contributed by atoms with Crippen molar-refractivity contribution in [3.63, 3.8) is 0 Å². The Morgan fingerprint density at radius 3 is 2.42 bits per heavy atom. The average Bonchev–Trinajstić information content (AvgIpc) is 2.93. The smallest absolute Gasteiger partial charge is 0.240 e. The van der Waals surface area contributed by atoms with Crippen LogP contribution in [0.1, 0.15) is 43.4 Å². The minimum absolute atomic E-state index is 0.0274. The van der Waals surface area contributed by atoms with E-state index in [9.17, 15) is 4.79 Å². The number of carbonyl (C=O) groups excluding carboxylic acids is 1. The molecular formula is C21H21N3O2. The number of benzene rings is 2. The van der Waals surface area contributed by atoms with Crippen molar-refractivity contribution in [1.29, 1.82) is 0 Å². The maximum atomic E-state index is 11.3. The van der Waals surface area contributed by atoms with Crippen molar-refractivity contribution in [2.45, 2.75) is 32.1 Å². The Hall–Kier alpha value is -2.95. The lowest BCUT2D eigenvalue weighted by molar-refractivity contribution is -0.121. The number of nitrogens with zero attached hydrogens (tertiary/aromatic N) is 2. The molecule has 2 heterocycles. The molecule has 2 aliphatic rings. The van der Waals surface area contributed by atoms with Gasteiger partial charge in [-0.05, 0) is 53.1 Å². The molecule has 0 aliphatic carbocycles. The molecule has 2 aliphatic heterocycles. The average molecular weight is 347 g/mol. The summed E-state index contributed by atoms with van der Waals surface area (Å²) in [6.45, 7) is 4.38. The van der Waals surface area contributed by atoms with Gasteiger partial charge in [-0.1, -0.05) is 19.9 Å². The fourth-order valence-electron chi connectivity index (χ4n) is 3.56. The van der Waals surface area contributed by atoms with E-state index in [0.717, 1.165) is 34.0 Å². The SMILES string of the molecule is COc1ccc(C2=Nc3ccc(C4=NNC(=O)CC4)cc3C2(C)C)cc1. The number of methoxy groups -OCH3 is 1. The number of amides is 1. The van der Waals surface area contributed by atoms with Crippen LogP contribution < -0.4 is 10.2 Å². The van der Waals surface area contributed by atoms with Gasteiger partial charge in [0.05, 0.1) is 24.2 Å². The molecule has 1 N–H and O–H groups in total. The number of fused-ring (bicyclic) bond motifs is 1. The fourth-order valence-corrected chi connectivity index (χ4v) is 3.56. The van der Waals surface area contributed by atoms with Gasteiger partial charge in [-0.2, -0.15) is 5.10 Å². The quantitative estimate of drug-likeness (QED) is 0.920. The summed E-state index contributed by atoms with van der Waals surface area (Å²) >= 11 is 0. The molecule has 0 fully saturated rings.